The Bertz CT molecular complexity index is 740. The lowest BCUT2D eigenvalue weighted by molar-refractivity contribution is 0.0521. The van der Waals surface area contributed by atoms with Gasteiger partial charge in [0.05, 0.1) is 22.5 Å². The Morgan fingerprint density at radius 1 is 1.39 bits per heavy atom. The van der Waals surface area contributed by atoms with E-state index in [-0.39, 0.29) is 24.7 Å². The maximum absolute atomic E-state index is 12.1. The van der Waals surface area contributed by atoms with Gasteiger partial charge in [0.2, 0.25) is 5.95 Å². The number of benzene rings is 1. The fourth-order valence-electron chi connectivity index (χ4n) is 1.97. The van der Waals surface area contributed by atoms with Crippen molar-refractivity contribution in [2.24, 2.45) is 0 Å². The zero-order valence-electron chi connectivity index (χ0n) is 12.6. The highest BCUT2D eigenvalue weighted by Gasteiger charge is 2.20. The number of halogens is 2. The maximum atomic E-state index is 12.1. The van der Waals surface area contributed by atoms with Crippen molar-refractivity contribution in [3.05, 3.63) is 44.6 Å². The van der Waals surface area contributed by atoms with Gasteiger partial charge in [-0.3, -0.25) is 0 Å². The van der Waals surface area contributed by atoms with Crippen LogP contribution in [0.25, 0.3) is 0 Å². The third-order valence-electron chi connectivity index (χ3n) is 2.92. The monoisotopic (exact) mass is 399 g/mol. The summed E-state index contributed by atoms with van der Waals surface area (Å²) in [6, 6.07) is 5.13. The molecule has 1 aromatic carbocycles. The van der Waals surface area contributed by atoms with Crippen molar-refractivity contribution < 1.29 is 14.3 Å². The number of rotatable bonds is 5. The molecule has 6 nitrogen and oxygen atoms in total. The summed E-state index contributed by atoms with van der Waals surface area (Å²) in [7, 11) is 0. The second-order valence-electron chi connectivity index (χ2n) is 4.57. The van der Waals surface area contributed by atoms with Crippen molar-refractivity contribution in [1.29, 1.82) is 0 Å². The van der Waals surface area contributed by atoms with Crippen LogP contribution in [0.15, 0.2) is 22.7 Å². The van der Waals surface area contributed by atoms with Gasteiger partial charge < -0.3 is 15.2 Å². The highest BCUT2D eigenvalue weighted by atomic mass is 79.9. The van der Waals surface area contributed by atoms with Crippen LogP contribution in [0, 0.1) is 6.92 Å². The van der Waals surface area contributed by atoms with Crippen LogP contribution in [0.2, 0.25) is 5.02 Å². The summed E-state index contributed by atoms with van der Waals surface area (Å²) < 4.78 is 11.4. The molecule has 1 heterocycles. The van der Waals surface area contributed by atoms with Gasteiger partial charge in [0.25, 0.3) is 0 Å². The minimum atomic E-state index is -0.501. The average Bonchev–Trinajstić information content (AvgIpc) is 2.45. The van der Waals surface area contributed by atoms with Gasteiger partial charge in [-0.25, -0.2) is 14.8 Å². The molecule has 23 heavy (non-hydrogen) atoms. The van der Waals surface area contributed by atoms with E-state index in [4.69, 9.17) is 26.8 Å². The standard InChI is InChI=1S/C15H15BrClN3O3/c1-3-22-14(21)13-8(2)19-15(18)20-11(13)7-23-12-5-4-9(17)6-10(12)16/h4-6H,3,7H2,1-2H3,(H2,18,19,20). The van der Waals surface area contributed by atoms with E-state index in [0.29, 0.717) is 26.6 Å². The van der Waals surface area contributed by atoms with Crippen LogP contribution in [0.4, 0.5) is 5.95 Å². The lowest BCUT2D eigenvalue weighted by atomic mass is 10.1. The van der Waals surface area contributed by atoms with Crippen molar-refractivity contribution >= 4 is 39.4 Å². The van der Waals surface area contributed by atoms with Crippen LogP contribution in [0.5, 0.6) is 5.75 Å². The summed E-state index contributed by atoms with van der Waals surface area (Å²) in [6.45, 7) is 3.70. The van der Waals surface area contributed by atoms with Crippen LogP contribution in [-0.2, 0) is 11.3 Å². The summed E-state index contributed by atoms with van der Waals surface area (Å²) in [5, 5.41) is 0.582. The number of carbonyl (C=O) groups is 1. The Kier molecular flexibility index (Phi) is 5.79. The Hall–Kier alpha value is -1.86. The molecule has 0 saturated carbocycles. The second-order valence-corrected chi connectivity index (χ2v) is 5.86. The van der Waals surface area contributed by atoms with Crippen molar-refractivity contribution in [3.63, 3.8) is 0 Å². The highest BCUT2D eigenvalue weighted by molar-refractivity contribution is 9.10. The van der Waals surface area contributed by atoms with Crippen LogP contribution in [0.1, 0.15) is 28.7 Å². The van der Waals surface area contributed by atoms with E-state index < -0.39 is 5.97 Å². The van der Waals surface area contributed by atoms with Gasteiger partial charge in [-0.15, -0.1) is 0 Å². The molecule has 2 aromatic rings. The molecule has 0 amide bonds. The summed E-state index contributed by atoms with van der Waals surface area (Å²) in [5.74, 6) is 0.141. The summed E-state index contributed by atoms with van der Waals surface area (Å²) in [5.41, 5.74) is 6.75. The molecule has 1 aromatic heterocycles. The maximum Gasteiger partial charge on any atom is 0.341 e. The van der Waals surface area contributed by atoms with Crippen molar-refractivity contribution in [3.8, 4) is 5.75 Å². The predicted molar refractivity (Wildman–Crippen MR) is 90.6 cm³/mol. The van der Waals surface area contributed by atoms with Gasteiger partial charge in [0.15, 0.2) is 0 Å². The number of nitrogens with two attached hydrogens (primary N) is 1. The number of ether oxygens (including phenoxy) is 2. The van der Waals surface area contributed by atoms with E-state index in [1.54, 1.807) is 32.0 Å². The number of hydrogen-bond donors (Lipinski definition) is 1. The molecule has 0 aliphatic heterocycles. The Morgan fingerprint density at radius 3 is 2.78 bits per heavy atom. The van der Waals surface area contributed by atoms with Gasteiger partial charge in [-0.1, -0.05) is 11.6 Å². The zero-order chi connectivity index (χ0) is 17.0. The van der Waals surface area contributed by atoms with Gasteiger partial charge in [0.1, 0.15) is 17.9 Å². The molecule has 0 aliphatic rings. The number of carbonyl (C=O) groups excluding carboxylic acids is 1. The molecule has 0 atom stereocenters. The SMILES string of the molecule is CCOC(=O)c1c(C)nc(N)nc1COc1ccc(Cl)cc1Br. The topological polar surface area (TPSA) is 87.3 Å². The molecule has 0 saturated heterocycles. The number of hydrogen-bond acceptors (Lipinski definition) is 6. The Morgan fingerprint density at radius 2 is 2.13 bits per heavy atom. The van der Waals surface area contributed by atoms with Crippen LogP contribution >= 0.6 is 27.5 Å². The normalized spacial score (nSPS) is 10.4. The Balaban J connectivity index is 2.29. The number of nitrogens with zero attached hydrogens (tertiary/aromatic N) is 2. The molecule has 0 radical (unpaired) electrons. The first-order chi connectivity index (χ1) is 10.9. The zero-order valence-corrected chi connectivity index (χ0v) is 14.9. The minimum Gasteiger partial charge on any atom is -0.486 e. The third-order valence-corrected chi connectivity index (χ3v) is 3.77. The second kappa shape index (κ2) is 7.61. The molecule has 8 heteroatoms. The molecule has 2 N–H and O–H groups in total. The number of anilines is 1. The van der Waals surface area contributed by atoms with E-state index in [1.807, 2.05) is 0 Å². The third kappa shape index (κ3) is 4.33. The minimum absolute atomic E-state index is 0.0436. The molecule has 2 rings (SSSR count). The summed E-state index contributed by atoms with van der Waals surface area (Å²) in [4.78, 5) is 20.2. The van der Waals surface area contributed by atoms with E-state index in [2.05, 4.69) is 25.9 Å². The van der Waals surface area contributed by atoms with Gasteiger partial charge >= 0.3 is 5.97 Å². The fraction of sp³-hybridized carbons (Fsp3) is 0.267. The van der Waals surface area contributed by atoms with Crippen LogP contribution in [0.3, 0.4) is 0 Å². The van der Waals surface area contributed by atoms with Crippen LogP contribution in [-0.4, -0.2) is 22.5 Å². The first-order valence-corrected chi connectivity index (χ1v) is 7.97. The van der Waals surface area contributed by atoms with Crippen molar-refractivity contribution in [1.82, 2.24) is 9.97 Å². The summed E-state index contributed by atoms with van der Waals surface area (Å²) >= 11 is 9.26. The van der Waals surface area contributed by atoms with E-state index in [1.165, 1.54) is 0 Å². The molecule has 0 bridgehead atoms. The Labute approximate surface area is 147 Å². The highest BCUT2D eigenvalue weighted by Crippen LogP contribution is 2.29. The average molecular weight is 401 g/mol. The molecule has 0 aliphatic carbocycles. The molecule has 0 fully saturated rings. The number of aryl methyl sites for hydroxylation is 1. The van der Waals surface area contributed by atoms with E-state index >= 15 is 0 Å². The smallest absolute Gasteiger partial charge is 0.341 e. The molecule has 0 unspecified atom stereocenters. The first-order valence-electron chi connectivity index (χ1n) is 6.80. The first kappa shape index (κ1) is 17.5. The van der Waals surface area contributed by atoms with Crippen molar-refractivity contribution in [2.75, 3.05) is 12.3 Å². The quantitative estimate of drug-likeness (QED) is 0.772. The molecular formula is C15H15BrClN3O3. The van der Waals surface area contributed by atoms with Crippen LogP contribution < -0.4 is 10.5 Å². The van der Waals surface area contributed by atoms with Gasteiger partial charge in [-0.05, 0) is 48.0 Å². The number of aromatic nitrogens is 2. The number of nitrogen functional groups attached to an aromatic ring is 1. The summed E-state index contributed by atoms with van der Waals surface area (Å²) in [6.07, 6.45) is 0. The lowest BCUT2D eigenvalue weighted by Crippen LogP contribution is -2.16. The van der Waals surface area contributed by atoms with Crippen molar-refractivity contribution in [2.45, 2.75) is 20.5 Å². The largest absolute Gasteiger partial charge is 0.486 e. The molecule has 0 spiro atoms. The van der Waals surface area contributed by atoms with E-state index in [0.717, 1.165) is 0 Å². The predicted octanol–water partition coefficient (Wildman–Crippen LogP) is 3.54. The lowest BCUT2D eigenvalue weighted by Gasteiger charge is -2.13. The van der Waals surface area contributed by atoms with Gasteiger partial charge in [0, 0.05) is 5.02 Å². The molecule has 122 valence electrons. The molecular weight excluding hydrogens is 386 g/mol. The fourth-order valence-corrected chi connectivity index (χ4v) is 2.76. The number of esters is 1. The van der Waals surface area contributed by atoms with E-state index in [9.17, 15) is 4.79 Å². The van der Waals surface area contributed by atoms with Gasteiger partial charge in [-0.2, -0.15) is 0 Å².